The molecular formula is C26H34N2O7. The summed E-state index contributed by atoms with van der Waals surface area (Å²) >= 11 is 0. The van der Waals surface area contributed by atoms with Crippen molar-refractivity contribution in [1.82, 2.24) is 4.90 Å². The van der Waals surface area contributed by atoms with E-state index in [0.717, 1.165) is 0 Å². The first-order valence-corrected chi connectivity index (χ1v) is 12.2. The average molecular weight is 487 g/mol. The second-order valence-electron chi connectivity index (χ2n) is 9.71. The van der Waals surface area contributed by atoms with E-state index in [4.69, 9.17) is 9.47 Å². The highest BCUT2D eigenvalue weighted by Gasteiger charge is 2.75. The number of rotatable bonds is 10. The van der Waals surface area contributed by atoms with Crippen molar-refractivity contribution >= 4 is 23.5 Å². The van der Waals surface area contributed by atoms with Crippen molar-refractivity contribution in [2.45, 2.75) is 56.9 Å². The van der Waals surface area contributed by atoms with E-state index in [1.54, 1.807) is 37.5 Å². The minimum Gasteiger partial charge on any atom is -0.497 e. The fraction of sp³-hybridized carbons (Fsp3) is 0.577. The van der Waals surface area contributed by atoms with Crippen LogP contribution in [0.3, 0.4) is 0 Å². The van der Waals surface area contributed by atoms with E-state index in [1.807, 2.05) is 13.8 Å². The van der Waals surface area contributed by atoms with E-state index < -0.39 is 47.5 Å². The molecule has 1 spiro atoms. The van der Waals surface area contributed by atoms with Crippen molar-refractivity contribution in [3.63, 3.8) is 0 Å². The second-order valence-corrected chi connectivity index (χ2v) is 9.71. The molecule has 3 aliphatic heterocycles. The molecule has 9 heteroatoms. The van der Waals surface area contributed by atoms with Crippen LogP contribution in [0, 0.1) is 17.8 Å². The van der Waals surface area contributed by atoms with Crippen molar-refractivity contribution < 1.29 is 34.1 Å². The quantitative estimate of drug-likeness (QED) is 0.487. The van der Waals surface area contributed by atoms with Crippen molar-refractivity contribution in [3.05, 3.63) is 36.9 Å². The maximum absolute atomic E-state index is 14.3. The predicted octanol–water partition coefficient (Wildman–Crippen LogP) is 2.08. The minimum atomic E-state index is -1.24. The van der Waals surface area contributed by atoms with Crippen LogP contribution in [0.5, 0.6) is 5.75 Å². The molecule has 35 heavy (non-hydrogen) atoms. The lowest BCUT2D eigenvalue weighted by Gasteiger charge is -2.40. The van der Waals surface area contributed by atoms with Gasteiger partial charge in [0, 0.05) is 12.2 Å². The van der Waals surface area contributed by atoms with Crippen LogP contribution in [0.2, 0.25) is 0 Å². The highest BCUT2D eigenvalue weighted by atomic mass is 16.5. The van der Waals surface area contributed by atoms with E-state index in [1.165, 1.54) is 9.80 Å². The van der Waals surface area contributed by atoms with Gasteiger partial charge in [0.15, 0.2) is 0 Å². The Kier molecular flexibility index (Phi) is 6.92. The number of aliphatic hydroxyl groups is 1. The maximum atomic E-state index is 14.3. The third-order valence-electron chi connectivity index (χ3n) is 8.06. The van der Waals surface area contributed by atoms with Gasteiger partial charge in [0.1, 0.15) is 17.4 Å². The summed E-state index contributed by atoms with van der Waals surface area (Å²) in [5.41, 5.74) is -0.649. The van der Waals surface area contributed by atoms with Crippen molar-refractivity contribution in [1.29, 1.82) is 0 Å². The number of hydrogen-bond acceptors (Lipinski definition) is 6. The van der Waals surface area contributed by atoms with E-state index in [-0.39, 0.29) is 25.0 Å². The molecule has 3 saturated heterocycles. The summed E-state index contributed by atoms with van der Waals surface area (Å²) in [6.07, 6.45) is 2.55. The molecule has 0 aromatic heterocycles. The van der Waals surface area contributed by atoms with Crippen LogP contribution < -0.4 is 9.64 Å². The Hall–Kier alpha value is -2.91. The molecule has 190 valence electrons. The summed E-state index contributed by atoms with van der Waals surface area (Å²) in [5.74, 6) is -3.34. The number of hydrogen-bond donors (Lipinski definition) is 2. The highest BCUT2D eigenvalue weighted by molar-refractivity contribution is 6.04. The first-order valence-electron chi connectivity index (χ1n) is 12.2. The van der Waals surface area contributed by atoms with Gasteiger partial charge in [-0.1, -0.05) is 26.3 Å². The molecular weight excluding hydrogens is 452 g/mol. The van der Waals surface area contributed by atoms with Gasteiger partial charge in [-0.15, -0.1) is 6.58 Å². The van der Waals surface area contributed by atoms with Gasteiger partial charge in [-0.3, -0.25) is 14.4 Å². The largest absolute Gasteiger partial charge is 0.497 e. The number of methoxy groups -OCH3 is 1. The SMILES string of the molecule is C=CCN(C(=O)C1N([C@@H](CO)[C@@H](C)CC)C(=O)[C@@H]2[C@H](C(=O)O)[C@@H]3CCC12O3)c1ccc(OC)cc1. The molecule has 3 fully saturated rings. The number of likely N-dealkylation sites (tertiary alicyclic amines) is 1. The Morgan fingerprint density at radius 3 is 2.60 bits per heavy atom. The normalized spacial score (nSPS) is 30.6. The lowest BCUT2D eigenvalue weighted by atomic mass is 9.70. The monoisotopic (exact) mass is 486 g/mol. The fourth-order valence-electron chi connectivity index (χ4n) is 6.19. The van der Waals surface area contributed by atoms with Crippen molar-refractivity contribution in [2.24, 2.45) is 17.8 Å². The number of aliphatic hydroxyl groups excluding tert-OH is 1. The molecule has 7 atom stereocenters. The summed E-state index contributed by atoms with van der Waals surface area (Å²) < 4.78 is 11.5. The van der Waals surface area contributed by atoms with Gasteiger partial charge in [-0.2, -0.15) is 0 Å². The number of carboxylic acid groups (broad SMARTS) is 1. The fourth-order valence-corrected chi connectivity index (χ4v) is 6.19. The third kappa shape index (κ3) is 3.81. The highest BCUT2D eigenvalue weighted by Crippen LogP contribution is 2.59. The molecule has 2 unspecified atom stereocenters. The zero-order chi connectivity index (χ0) is 25.5. The molecule has 9 nitrogen and oxygen atoms in total. The van der Waals surface area contributed by atoms with Crippen LogP contribution in [-0.2, 0) is 19.1 Å². The maximum Gasteiger partial charge on any atom is 0.310 e. The molecule has 2 N–H and O–H groups in total. The molecule has 0 radical (unpaired) electrons. The number of carbonyl (C=O) groups excluding carboxylic acids is 2. The summed E-state index contributed by atoms with van der Waals surface area (Å²) in [5, 5.41) is 20.3. The van der Waals surface area contributed by atoms with Crippen LogP contribution in [0.15, 0.2) is 36.9 Å². The standard InChI is InChI=1S/C26H34N2O7/c1-5-13-27(16-7-9-17(34-4)10-8-16)24(31)22-26-12-11-19(35-26)20(25(32)33)21(26)23(30)28(22)18(14-29)15(3)6-2/h5,7-10,15,18-22,29H,1,6,11-14H2,2-4H3,(H,32,33)/t15-,18-,19-,20+,21-,22?,26?/m0/s1. The lowest BCUT2D eigenvalue weighted by Crippen LogP contribution is -2.60. The van der Waals surface area contributed by atoms with Crippen molar-refractivity contribution in [2.75, 3.05) is 25.2 Å². The van der Waals surface area contributed by atoms with Gasteiger partial charge in [0.05, 0.1) is 37.7 Å². The Balaban J connectivity index is 1.83. The van der Waals surface area contributed by atoms with Gasteiger partial charge in [0.25, 0.3) is 5.91 Å². The van der Waals surface area contributed by atoms with Gasteiger partial charge in [-0.05, 0) is 43.0 Å². The topological polar surface area (TPSA) is 117 Å². The molecule has 1 aromatic carbocycles. The minimum absolute atomic E-state index is 0.108. The summed E-state index contributed by atoms with van der Waals surface area (Å²) in [6.45, 7) is 7.51. The molecule has 0 aliphatic carbocycles. The zero-order valence-corrected chi connectivity index (χ0v) is 20.4. The molecule has 4 rings (SSSR count). The Labute approximate surface area is 205 Å². The van der Waals surface area contributed by atoms with Crippen LogP contribution in [0.4, 0.5) is 5.69 Å². The molecule has 2 bridgehead atoms. The number of ether oxygens (including phenoxy) is 2. The van der Waals surface area contributed by atoms with E-state index in [2.05, 4.69) is 6.58 Å². The molecule has 0 saturated carbocycles. The predicted molar refractivity (Wildman–Crippen MR) is 128 cm³/mol. The number of amides is 2. The number of anilines is 1. The molecule has 1 aromatic rings. The first kappa shape index (κ1) is 25.2. The number of nitrogens with zero attached hydrogens (tertiary/aromatic N) is 2. The van der Waals surface area contributed by atoms with Crippen molar-refractivity contribution in [3.8, 4) is 5.75 Å². The van der Waals surface area contributed by atoms with E-state index in [0.29, 0.717) is 30.7 Å². The average Bonchev–Trinajstić information content (AvgIpc) is 3.50. The van der Waals surface area contributed by atoms with E-state index in [9.17, 15) is 24.6 Å². The number of aliphatic carboxylic acids is 1. The number of carbonyl (C=O) groups is 3. The number of benzene rings is 1. The lowest BCUT2D eigenvalue weighted by molar-refractivity contribution is -0.151. The summed E-state index contributed by atoms with van der Waals surface area (Å²) in [4.78, 5) is 43.4. The van der Waals surface area contributed by atoms with Gasteiger partial charge in [-0.25, -0.2) is 0 Å². The van der Waals surface area contributed by atoms with E-state index >= 15 is 0 Å². The first-order chi connectivity index (χ1) is 16.7. The van der Waals surface area contributed by atoms with Crippen LogP contribution in [0.1, 0.15) is 33.1 Å². The number of carboxylic acids is 1. The Morgan fingerprint density at radius 1 is 1.37 bits per heavy atom. The molecule has 3 heterocycles. The third-order valence-corrected chi connectivity index (χ3v) is 8.06. The second kappa shape index (κ2) is 9.62. The summed E-state index contributed by atoms with van der Waals surface area (Å²) in [6, 6.07) is 5.29. The van der Waals surface area contributed by atoms with Gasteiger partial charge >= 0.3 is 5.97 Å². The van der Waals surface area contributed by atoms with Gasteiger partial charge < -0.3 is 29.5 Å². The Bertz CT molecular complexity index is 996. The van der Waals surface area contributed by atoms with Gasteiger partial charge in [0.2, 0.25) is 5.91 Å². The smallest absolute Gasteiger partial charge is 0.310 e. The Morgan fingerprint density at radius 2 is 2.06 bits per heavy atom. The van der Waals surface area contributed by atoms with Crippen LogP contribution in [0.25, 0.3) is 0 Å². The van der Waals surface area contributed by atoms with Crippen LogP contribution >= 0.6 is 0 Å². The molecule has 2 amide bonds. The molecule has 3 aliphatic rings. The zero-order valence-electron chi connectivity index (χ0n) is 20.4. The van der Waals surface area contributed by atoms with Crippen LogP contribution in [-0.4, -0.2) is 76.9 Å². The number of fused-ring (bicyclic) bond motifs is 1. The summed E-state index contributed by atoms with van der Waals surface area (Å²) in [7, 11) is 1.56.